The first-order valence-corrected chi connectivity index (χ1v) is 12.7. The van der Waals surface area contributed by atoms with Gasteiger partial charge in [0.15, 0.2) is 0 Å². The Kier molecular flexibility index (Phi) is 4.80. The van der Waals surface area contributed by atoms with Crippen LogP contribution in [-0.2, 0) is 16.0 Å². The van der Waals surface area contributed by atoms with E-state index in [0.29, 0.717) is 12.0 Å². The lowest BCUT2D eigenvalue weighted by molar-refractivity contribution is -0.145. The van der Waals surface area contributed by atoms with Gasteiger partial charge in [0.05, 0.1) is 5.92 Å². The second-order valence-corrected chi connectivity index (χ2v) is 11.2. The highest BCUT2D eigenvalue weighted by Crippen LogP contribution is 2.55. The summed E-state index contributed by atoms with van der Waals surface area (Å²) in [4.78, 5) is 16.6. The van der Waals surface area contributed by atoms with Crippen molar-refractivity contribution in [2.75, 3.05) is 6.54 Å². The average Bonchev–Trinajstić information content (AvgIpc) is 3.27. The fraction of sp³-hybridized carbons (Fsp3) is 0.607. The van der Waals surface area contributed by atoms with E-state index in [9.17, 15) is 4.79 Å². The van der Waals surface area contributed by atoms with Gasteiger partial charge in [-0.15, -0.1) is 0 Å². The van der Waals surface area contributed by atoms with Crippen LogP contribution in [0.25, 0.3) is 10.9 Å². The van der Waals surface area contributed by atoms with Gasteiger partial charge in [-0.05, 0) is 88.3 Å². The molecule has 3 aliphatic carbocycles. The number of ether oxygens (including phenoxy) is 1. The van der Waals surface area contributed by atoms with Crippen molar-refractivity contribution < 1.29 is 9.53 Å². The Hall–Kier alpha value is -2.07. The van der Waals surface area contributed by atoms with E-state index >= 15 is 0 Å². The summed E-state index contributed by atoms with van der Waals surface area (Å²) in [5.74, 6) is 0.333. The molecule has 0 spiro atoms. The van der Waals surface area contributed by atoms with Gasteiger partial charge in [-0.2, -0.15) is 0 Å². The van der Waals surface area contributed by atoms with Crippen molar-refractivity contribution in [3.63, 3.8) is 0 Å². The minimum atomic E-state index is -0.0243. The third kappa shape index (κ3) is 3.17. The highest BCUT2D eigenvalue weighted by molar-refractivity contribution is 5.85. The molecule has 2 heterocycles. The molecule has 1 aromatic carbocycles. The van der Waals surface area contributed by atoms with Crippen LogP contribution in [0.2, 0.25) is 0 Å². The number of carbonyl (C=O) groups excluding carboxylic acids is 1. The van der Waals surface area contributed by atoms with E-state index in [1.807, 2.05) is 0 Å². The molecule has 5 atom stereocenters. The van der Waals surface area contributed by atoms with Gasteiger partial charge in [0.2, 0.25) is 0 Å². The zero-order chi connectivity index (χ0) is 22.0. The first kappa shape index (κ1) is 20.5. The summed E-state index contributed by atoms with van der Waals surface area (Å²) in [5.41, 5.74) is 8.81. The van der Waals surface area contributed by atoms with E-state index in [1.165, 1.54) is 53.4 Å². The summed E-state index contributed by atoms with van der Waals surface area (Å²) >= 11 is 0. The number of benzene rings is 1. The molecule has 1 saturated heterocycles. The lowest BCUT2D eigenvalue weighted by Crippen LogP contribution is -2.41. The van der Waals surface area contributed by atoms with Crippen molar-refractivity contribution in [2.45, 2.75) is 84.3 Å². The number of H-pyrrole nitrogens is 1. The van der Waals surface area contributed by atoms with Gasteiger partial charge in [-0.3, -0.25) is 4.79 Å². The summed E-state index contributed by atoms with van der Waals surface area (Å²) in [6.07, 6.45) is 9.36. The monoisotopic (exact) mass is 432 g/mol. The van der Waals surface area contributed by atoms with Crippen LogP contribution in [-0.4, -0.2) is 23.6 Å². The van der Waals surface area contributed by atoms with Crippen LogP contribution < -0.4 is 5.32 Å². The second-order valence-electron chi connectivity index (χ2n) is 11.2. The molecule has 170 valence electrons. The van der Waals surface area contributed by atoms with E-state index in [2.05, 4.69) is 49.3 Å². The molecule has 0 unspecified atom stereocenters. The first-order chi connectivity index (χ1) is 15.4. The molecule has 0 radical (unpaired) electrons. The molecular weight excluding hydrogens is 396 g/mol. The minimum absolute atomic E-state index is 0.0243. The molecule has 6 rings (SSSR count). The van der Waals surface area contributed by atoms with E-state index < -0.39 is 0 Å². The third-order valence-electron chi connectivity index (χ3n) is 9.13. The Bertz CT molecular complexity index is 1110. The smallest absolute Gasteiger partial charge is 0.310 e. The maximum Gasteiger partial charge on any atom is 0.310 e. The fourth-order valence-electron chi connectivity index (χ4n) is 7.40. The molecule has 0 bridgehead atoms. The second kappa shape index (κ2) is 7.48. The number of aromatic amines is 1. The zero-order valence-electron chi connectivity index (χ0n) is 19.7. The molecule has 4 heteroatoms. The van der Waals surface area contributed by atoms with E-state index in [-0.39, 0.29) is 23.4 Å². The number of hydrogen-bond donors (Lipinski definition) is 2. The van der Waals surface area contributed by atoms with Crippen LogP contribution >= 0.6 is 0 Å². The Balaban J connectivity index is 1.22. The van der Waals surface area contributed by atoms with Crippen LogP contribution in [0.15, 0.2) is 29.3 Å². The summed E-state index contributed by atoms with van der Waals surface area (Å²) in [5, 5.41) is 5.18. The number of aromatic nitrogens is 1. The van der Waals surface area contributed by atoms with Crippen LogP contribution in [0.1, 0.15) is 81.7 Å². The standard InChI is InChI=1S/C28H36N2O2/c1-16-9-10-23-19(12-16)18-7-4-8-24(26(18)30-23)29-15-21-20-13-22-17(2)6-5-11-28(22,3)14-25(20)32-27(21)31/h9-10,12,20-21,24-25,29-30H,4-8,11,13-15H2,1-3H3/t20-,21-,24-,25-,28-/m1/s1. The lowest BCUT2D eigenvalue weighted by atomic mass is 9.59. The van der Waals surface area contributed by atoms with Crippen molar-refractivity contribution in [3.05, 3.63) is 46.2 Å². The van der Waals surface area contributed by atoms with Crippen LogP contribution in [0.4, 0.5) is 0 Å². The summed E-state index contributed by atoms with van der Waals surface area (Å²) in [6.45, 7) is 7.61. The first-order valence-electron chi connectivity index (χ1n) is 12.7. The summed E-state index contributed by atoms with van der Waals surface area (Å²) in [7, 11) is 0. The summed E-state index contributed by atoms with van der Waals surface area (Å²) in [6, 6.07) is 6.99. The third-order valence-corrected chi connectivity index (χ3v) is 9.13. The minimum Gasteiger partial charge on any atom is -0.462 e. The Morgan fingerprint density at radius 1 is 1.22 bits per heavy atom. The van der Waals surface area contributed by atoms with Crippen molar-refractivity contribution in [2.24, 2.45) is 17.3 Å². The van der Waals surface area contributed by atoms with Gasteiger partial charge < -0.3 is 15.0 Å². The average molecular weight is 433 g/mol. The molecule has 4 aliphatic rings. The molecule has 1 aliphatic heterocycles. The number of fused-ring (bicyclic) bond motifs is 5. The Morgan fingerprint density at radius 3 is 2.97 bits per heavy atom. The quantitative estimate of drug-likeness (QED) is 0.469. The van der Waals surface area contributed by atoms with Gasteiger partial charge in [0.25, 0.3) is 0 Å². The number of aryl methyl sites for hydroxylation is 2. The highest BCUT2D eigenvalue weighted by Gasteiger charge is 2.52. The number of nitrogens with one attached hydrogen (secondary N) is 2. The van der Waals surface area contributed by atoms with Gasteiger partial charge in [-0.25, -0.2) is 0 Å². The lowest BCUT2D eigenvalue weighted by Gasteiger charge is -2.45. The highest BCUT2D eigenvalue weighted by atomic mass is 16.6. The zero-order valence-corrected chi connectivity index (χ0v) is 19.7. The predicted molar refractivity (Wildman–Crippen MR) is 127 cm³/mol. The molecule has 32 heavy (non-hydrogen) atoms. The predicted octanol–water partition coefficient (Wildman–Crippen LogP) is 5.90. The molecular formula is C28H36N2O2. The Morgan fingerprint density at radius 2 is 2.09 bits per heavy atom. The van der Waals surface area contributed by atoms with Crippen molar-refractivity contribution in [1.29, 1.82) is 0 Å². The maximum absolute atomic E-state index is 12.9. The van der Waals surface area contributed by atoms with Crippen molar-refractivity contribution in [1.82, 2.24) is 10.3 Å². The topological polar surface area (TPSA) is 54.1 Å². The fourth-order valence-corrected chi connectivity index (χ4v) is 7.40. The molecule has 2 fully saturated rings. The molecule has 1 saturated carbocycles. The number of rotatable bonds is 3. The van der Waals surface area contributed by atoms with Gasteiger partial charge in [0.1, 0.15) is 6.10 Å². The number of hydrogen-bond acceptors (Lipinski definition) is 3. The molecule has 2 aromatic rings. The van der Waals surface area contributed by atoms with Crippen LogP contribution in [0.3, 0.4) is 0 Å². The largest absolute Gasteiger partial charge is 0.462 e. The molecule has 2 N–H and O–H groups in total. The number of allylic oxidation sites excluding steroid dienone is 2. The van der Waals surface area contributed by atoms with Crippen molar-refractivity contribution in [3.8, 4) is 0 Å². The Labute approximate surface area is 191 Å². The van der Waals surface area contributed by atoms with E-state index in [0.717, 1.165) is 32.2 Å². The summed E-state index contributed by atoms with van der Waals surface area (Å²) < 4.78 is 5.99. The van der Waals surface area contributed by atoms with Gasteiger partial charge in [0, 0.05) is 35.1 Å². The van der Waals surface area contributed by atoms with E-state index in [1.54, 1.807) is 11.1 Å². The normalized spacial score (nSPS) is 34.3. The number of carbonyl (C=O) groups is 1. The van der Waals surface area contributed by atoms with Gasteiger partial charge >= 0.3 is 5.97 Å². The van der Waals surface area contributed by atoms with Crippen LogP contribution in [0.5, 0.6) is 0 Å². The van der Waals surface area contributed by atoms with E-state index in [4.69, 9.17) is 4.74 Å². The van der Waals surface area contributed by atoms with Crippen molar-refractivity contribution >= 4 is 16.9 Å². The molecule has 4 nitrogen and oxygen atoms in total. The molecule has 1 aromatic heterocycles. The SMILES string of the molecule is CC1=C2C[C@H]3[C@@H](C[C@@]2(C)CCC1)OC(=O)[C@@H]3CN[C@@H]1CCCc2c1[nH]c1ccc(C)cc21. The molecule has 0 amide bonds. The number of esters is 1. The maximum atomic E-state index is 12.9. The van der Waals surface area contributed by atoms with Gasteiger partial charge in [-0.1, -0.05) is 29.7 Å². The van der Waals surface area contributed by atoms with Crippen LogP contribution in [0, 0.1) is 24.2 Å².